The van der Waals surface area contributed by atoms with Gasteiger partial charge in [0.25, 0.3) is 0 Å². The van der Waals surface area contributed by atoms with E-state index in [0.717, 1.165) is 18.7 Å². The minimum absolute atomic E-state index is 0.115. The molecule has 0 aliphatic carbocycles. The molecule has 1 aromatic carbocycles. The maximum absolute atomic E-state index is 11.7. The van der Waals surface area contributed by atoms with E-state index in [0.29, 0.717) is 12.5 Å². The van der Waals surface area contributed by atoms with E-state index in [4.69, 9.17) is 0 Å². The summed E-state index contributed by atoms with van der Waals surface area (Å²) in [7, 11) is 0. The van der Waals surface area contributed by atoms with Gasteiger partial charge in [0.1, 0.15) is 0 Å². The van der Waals surface area contributed by atoms with Crippen molar-refractivity contribution in [3.05, 3.63) is 35.4 Å². The molecule has 1 fully saturated rings. The van der Waals surface area contributed by atoms with E-state index >= 15 is 0 Å². The molecule has 0 radical (unpaired) electrons. The Hall–Kier alpha value is -1.35. The highest BCUT2D eigenvalue weighted by atomic mass is 16.1. The van der Waals surface area contributed by atoms with E-state index < -0.39 is 0 Å². The van der Waals surface area contributed by atoms with Gasteiger partial charge in [0.05, 0.1) is 6.42 Å². The van der Waals surface area contributed by atoms with Crippen LogP contribution in [0.25, 0.3) is 0 Å². The van der Waals surface area contributed by atoms with Gasteiger partial charge in [-0.3, -0.25) is 4.79 Å². The first kappa shape index (κ1) is 12.1. The van der Waals surface area contributed by atoms with E-state index in [2.05, 4.69) is 16.7 Å². The fourth-order valence-electron chi connectivity index (χ4n) is 2.24. The molecule has 3 heteroatoms. The highest BCUT2D eigenvalue weighted by Crippen LogP contribution is 2.05. The van der Waals surface area contributed by atoms with Crippen molar-refractivity contribution in [2.45, 2.75) is 32.2 Å². The summed E-state index contributed by atoms with van der Waals surface area (Å²) in [4.78, 5) is 11.7. The van der Waals surface area contributed by atoms with Crippen molar-refractivity contribution in [2.24, 2.45) is 0 Å². The molecule has 0 saturated carbocycles. The second-order valence-electron chi connectivity index (χ2n) is 4.76. The third-order valence-electron chi connectivity index (χ3n) is 3.16. The molecule has 1 aliphatic heterocycles. The molecule has 0 spiro atoms. The van der Waals surface area contributed by atoms with Crippen LogP contribution in [0.3, 0.4) is 0 Å². The molecule has 1 atom stereocenters. The average molecular weight is 232 g/mol. The number of hydrogen-bond donors (Lipinski definition) is 2. The zero-order valence-corrected chi connectivity index (χ0v) is 10.3. The Balaban J connectivity index is 1.76. The third-order valence-corrected chi connectivity index (χ3v) is 3.16. The zero-order valence-electron chi connectivity index (χ0n) is 10.3. The summed E-state index contributed by atoms with van der Waals surface area (Å²) in [5.74, 6) is 0.115. The summed E-state index contributed by atoms with van der Waals surface area (Å²) < 4.78 is 0. The van der Waals surface area contributed by atoms with Crippen LogP contribution in [-0.2, 0) is 11.2 Å². The standard InChI is InChI=1S/C14H20N2O/c1-11-4-2-5-12(8-11)9-14(17)16-10-13-6-3-7-15-13/h2,4-5,8,13,15H,3,6-7,9-10H2,1H3,(H,16,17). The van der Waals surface area contributed by atoms with Gasteiger partial charge in [0, 0.05) is 12.6 Å². The number of aryl methyl sites for hydroxylation is 1. The Morgan fingerprint density at radius 2 is 2.41 bits per heavy atom. The Labute approximate surface area is 103 Å². The highest BCUT2D eigenvalue weighted by Gasteiger charge is 2.14. The number of carbonyl (C=O) groups excluding carboxylic acids is 1. The van der Waals surface area contributed by atoms with E-state index in [-0.39, 0.29) is 5.91 Å². The number of nitrogens with one attached hydrogen (secondary N) is 2. The SMILES string of the molecule is Cc1cccc(CC(=O)NCC2CCCN2)c1. The fourth-order valence-corrected chi connectivity index (χ4v) is 2.24. The molecule has 17 heavy (non-hydrogen) atoms. The molecule has 1 amide bonds. The quantitative estimate of drug-likeness (QED) is 0.824. The monoisotopic (exact) mass is 232 g/mol. The lowest BCUT2D eigenvalue weighted by molar-refractivity contribution is -0.120. The van der Waals surface area contributed by atoms with Crippen LogP contribution >= 0.6 is 0 Å². The van der Waals surface area contributed by atoms with Crippen molar-refractivity contribution in [1.82, 2.24) is 10.6 Å². The van der Waals surface area contributed by atoms with Crippen molar-refractivity contribution < 1.29 is 4.79 Å². The van der Waals surface area contributed by atoms with Crippen molar-refractivity contribution in [3.63, 3.8) is 0 Å². The second kappa shape index (κ2) is 5.82. The number of rotatable bonds is 4. The van der Waals surface area contributed by atoms with Gasteiger partial charge in [-0.2, -0.15) is 0 Å². The molecule has 0 bridgehead atoms. The Bertz CT molecular complexity index is 384. The lowest BCUT2D eigenvalue weighted by atomic mass is 10.1. The summed E-state index contributed by atoms with van der Waals surface area (Å²) in [6, 6.07) is 8.57. The van der Waals surface area contributed by atoms with Crippen LogP contribution in [0, 0.1) is 6.92 Å². The van der Waals surface area contributed by atoms with E-state index in [1.54, 1.807) is 0 Å². The van der Waals surface area contributed by atoms with Crippen molar-refractivity contribution in [1.29, 1.82) is 0 Å². The number of amides is 1. The molecule has 1 heterocycles. The molecule has 3 nitrogen and oxygen atoms in total. The molecule has 1 unspecified atom stereocenters. The van der Waals surface area contributed by atoms with Crippen LogP contribution in [0.15, 0.2) is 24.3 Å². The predicted octanol–water partition coefficient (Wildman–Crippen LogP) is 1.41. The second-order valence-corrected chi connectivity index (χ2v) is 4.76. The first-order valence-electron chi connectivity index (χ1n) is 6.29. The summed E-state index contributed by atoms with van der Waals surface area (Å²) in [5.41, 5.74) is 2.29. The van der Waals surface area contributed by atoms with Crippen LogP contribution in [0.5, 0.6) is 0 Å². The Morgan fingerprint density at radius 1 is 1.53 bits per heavy atom. The van der Waals surface area contributed by atoms with Crippen LogP contribution in [0.1, 0.15) is 24.0 Å². The molecule has 1 aromatic rings. The number of hydrogen-bond acceptors (Lipinski definition) is 2. The smallest absolute Gasteiger partial charge is 0.224 e. The summed E-state index contributed by atoms with van der Waals surface area (Å²) in [5, 5.41) is 6.36. The molecule has 2 rings (SSSR count). The summed E-state index contributed by atoms with van der Waals surface area (Å²) in [6.07, 6.45) is 2.87. The van der Waals surface area contributed by atoms with Gasteiger partial charge in [0.2, 0.25) is 5.91 Å². The molecule has 1 saturated heterocycles. The van der Waals surface area contributed by atoms with Crippen LogP contribution in [0.2, 0.25) is 0 Å². The average Bonchev–Trinajstić information content (AvgIpc) is 2.79. The third kappa shape index (κ3) is 3.86. The maximum atomic E-state index is 11.7. The largest absolute Gasteiger partial charge is 0.354 e. The molecule has 92 valence electrons. The molecule has 0 aromatic heterocycles. The predicted molar refractivity (Wildman–Crippen MR) is 68.9 cm³/mol. The van der Waals surface area contributed by atoms with Gasteiger partial charge < -0.3 is 10.6 Å². The topological polar surface area (TPSA) is 41.1 Å². The first-order valence-corrected chi connectivity index (χ1v) is 6.29. The van der Waals surface area contributed by atoms with Crippen molar-refractivity contribution in [3.8, 4) is 0 Å². The lowest BCUT2D eigenvalue weighted by Crippen LogP contribution is -2.37. The highest BCUT2D eigenvalue weighted by molar-refractivity contribution is 5.78. The Kier molecular flexibility index (Phi) is 4.15. The number of carbonyl (C=O) groups is 1. The molecular formula is C14H20N2O. The van der Waals surface area contributed by atoms with Crippen LogP contribution < -0.4 is 10.6 Å². The van der Waals surface area contributed by atoms with Crippen LogP contribution in [0.4, 0.5) is 0 Å². The van der Waals surface area contributed by atoms with Crippen molar-refractivity contribution >= 4 is 5.91 Å². The molecular weight excluding hydrogens is 212 g/mol. The van der Waals surface area contributed by atoms with E-state index in [1.807, 2.05) is 25.1 Å². The summed E-state index contributed by atoms with van der Waals surface area (Å²) in [6.45, 7) is 3.88. The van der Waals surface area contributed by atoms with Gasteiger partial charge in [-0.05, 0) is 31.9 Å². The Morgan fingerprint density at radius 3 is 3.12 bits per heavy atom. The van der Waals surface area contributed by atoms with E-state index in [9.17, 15) is 4.79 Å². The maximum Gasteiger partial charge on any atom is 0.224 e. The van der Waals surface area contributed by atoms with Crippen LogP contribution in [-0.4, -0.2) is 25.0 Å². The molecule has 1 aliphatic rings. The van der Waals surface area contributed by atoms with E-state index in [1.165, 1.54) is 18.4 Å². The summed E-state index contributed by atoms with van der Waals surface area (Å²) >= 11 is 0. The van der Waals surface area contributed by atoms with Gasteiger partial charge in [-0.25, -0.2) is 0 Å². The molecule has 2 N–H and O–H groups in total. The minimum atomic E-state index is 0.115. The first-order chi connectivity index (χ1) is 8.24. The number of benzene rings is 1. The van der Waals surface area contributed by atoms with Crippen molar-refractivity contribution in [2.75, 3.05) is 13.1 Å². The van der Waals surface area contributed by atoms with Gasteiger partial charge in [-0.15, -0.1) is 0 Å². The normalized spacial score (nSPS) is 19.2. The minimum Gasteiger partial charge on any atom is -0.354 e. The lowest BCUT2D eigenvalue weighted by Gasteiger charge is -2.11. The van der Waals surface area contributed by atoms with Gasteiger partial charge in [0.15, 0.2) is 0 Å². The van der Waals surface area contributed by atoms with Gasteiger partial charge >= 0.3 is 0 Å². The fraction of sp³-hybridized carbons (Fsp3) is 0.500. The zero-order chi connectivity index (χ0) is 12.1. The van der Waals surface area contributed by atoms with Gasteiger partial charge in [-0.1, -0.05) is 29.8 Å².